The minimum atomic E-state index is -0.758. The van der Waals surface area contributed by atoms with Gasteiger partial charge in [0.25, 0.3) is 0 Å². The van der Waals surface area contributed by atoms with Crippen molar-refractivity contribution >= 4 is 17.9 Å². The average molecular weight is 821 g/mol. The zero-order valence-electron chi connectivity index (χ0n) is 39.5. The lowest BCUT2D eigenvalue weighted by molar-refractivity contribution is -0.167. The Morgan fingerprint density at radius 3 is 0.897 bits per heavy atom. The predicted molar refractivity (Wildman–Crippen MR) is 247 cm³/mol. The van der Waals surface area contributed by atoms with Crippen molar-refractivity contribution in [2.24, 2.45) is 5.92 Å². The molecule has 0 aliphatic heterocycles. The Kier molecular flexibility index (Phi) is 45.2. The van der Waals surface area contributed by atoms with Gasteiger partial charge in [-0.15, -0.1) is 0 Å². The van der Waals surface area contributed by atoms with Gasteiger partial charge in [-0.2, -0.15) is 0 Å². The van der Waals surface area contributed by atoms with Crippen LogP contribution < -0.4 is 0 Å². The first-order valence-electron chi connectivity index (χ1n) is 25.9. The second-order valence-electron chi connectivity index (χ2n) is 18.1. The van der Waals surface area contributed by atoms with Crippen LogP contribution in [0.2, 0.25) is 0 Å². The number of carbonyl (C=O) groups excluding carboxylic acids is 3. The normalized spacial score (nSPS) is 12.4. The molecule has 0 aromatic rings. The third-order valence-electron chi connectivity index (χ3n) is 12.2. The molecule has 58 heavy (non-hydrogen) atoms. The Balaban J connectivity index is 4.10. The molecule has 0 N–H and O–H groups in total. The first-order chi connectivity index (χ1) is 28.4. The highest BCUT2D eigenvalue weighted by Gasteiger charge is 2.19. The van der Waals surface area contributed by atoms with Gasteiger partial charge in [0.05, 0.1) is 0 Å². The highest BCUT2D eigenvalue weighted by molar-refractivity contribution is 5.71. The molecule has 0 bridgehead atoms. The zero-order valence-corrected chi connectivity index (χ0v) is 39.5. The summed E-state index contributed by atoms with van der Waals surface area (Å²) >= 11 is 0. The van der Waals surface area contributed by atoms with Crippen LogP contribution in [0.5, 0.6) is 0 Å². The number of carbonyl (C=O) groups is 3. The van der Waals surface area contributed by atoms with Crippen LogP contribution >= 0.6 is 0 Å². The third-order valence-corrected chi connectivity index (χ3v) is 12.2. The maximum atomic E-state index is 12.7. The van der Waals surface area contributed by atoms with E-state index in [1.54, 1.807) is 0 Å². The maximum absolute atomic E-state index is 12.7. The van der Waals surface area contributed by atoms with E-state index < -0.39 is 6.10 Å². The molecule has 0 aliphatic rings. The highest BCUT2D eigenvalue weighted by Crippen LogP contribution is 2.18. The van der Waals surface area contributed by atoms with Crippen LogP contribution in [0.25, 0.3) is 0 Å². The van der Waals surface area contributed by atoms with Gasteiger partial charge in [0, 0.05) is 19.3 Å². The van der Waals surface area contributed by atoms with Crippen LogP contribution in [-0.4, -0.2) is 37.2 Å². The van der Waals surface area contributed by atoms with E-state index in [1.807, 2.05) is 0 Å². The quantitative estimate of drug-likeness (QED) is 0.0346. The lowest BCUT2D eigenvalue weighted by Crippen LogP contribution is -2.30. The number of hydrogen-bond acceptors (Lipinski definition) is 6. The molecule has 344 valence electrons. The molecule has 0 spiro atoms. The van der Waals surface area contributed by atoms with Crippen molar-refractivity contribution in [2.75, 3.05) is 13.2 Å². The van der Waals surface area contributed by atoms with E-state index in [2.05, 4.69) is 27.7 Å². The largest absolute Gasteiger partial charge is 0.462 e. The number of esters is 3. The van der Waals surface area contributed by atoms with Gasteiger partial charge < -0.3 is 14.2 Å². The van der Waals surface area contributed by atoms with Gasteiger partial charge in [-0.05, 0) is 25.2 Å². The molecule has 0 fully saturated rings. The summed E-state index contributed by atoms with van der Waals surface area (Å²) in [5.41, 5.74) is 0. The second-order valence-corrected chi connectivity index (χ2v) is 18.1. The highest BCUT2D eigenvalue weighted by atomic mass is 16.6. The van der Waals surface area contributed by atoms with Crippen molar-refractivity contribution in [1.29, 1.82) is 0 Å². The van der Waals surface area contributed by atoms with Gasteiger partial charge in [-0.3, -0.25) is 14.4 Å². The first kappa shape index (κ1) is 56.4. The Hall–Kier alpha value is -1.59. The summed E-state index contributed by atoms with van der Waals surface area (Å²) in [6.45, 7) is 9.04. The van der Waals surface area contributed by atoms with Crippen molar-refractivity contribution in [3.63, 3.8) is 0 Å². The first-order valence-corrected chi connectivity index (χ1v) is 25.9. The summed E-state index contributed by atoms with van der Waals surface area (Å²) in [6, 6.07) is 0. The number of ether oxygens (including phenoxy) is 3. The topological polar surface area (TPSA) is 78.9 Å². The van der Waals surface area contributed by atoms with Gasteiger partial charge in [0.15, 0.2) is 6.10 Å². The van der Waals surface area contributed by atoms with E-state index in [0.29, 0.717) is 19.3 Å². The number of hydrogen-bond donors (Lipinski definition) is 0. The SMILES string of the molecule is CCCCCCCCCCCC(=O)OC[C@H](COC(=O)CCCCCCCCCCCCCCCCCCCCC(C)CC)OC(=O)CCCCCCCCCCC. The van der Waals surface area contributed by atoms with Crippen molar-refractivity contribution < 1.29 is 28.6 Å². The molecule has 0 heterocycles. The third kappa shape index (κ3) is 44.0. The van der Waals surface area contributed by atoms with Crippen molar-refractivity contribution in [2.45, 2.75) is 297 Å². The summed E-state index contributed by atoms with van der Waals surface area (Å²) in [4.78, 5) is 37.7. The van der Waals surface area contributed by atoms with Crippen molar-refractivity contribution in [3.05, 3.63) is 0 Å². The van der Waals surface area contributed by atoms with Crippen molar-refractivity contribution in [3.8, 4) is 0 Å². The molecule has 0 rings (SSSR count). The monoisotopic (exact) mass is 821 g/mol. The van der Waals surface area contributed by atoms with Crippen LogP contribution in [0.4, 0.5) is 0 Å². The van der Waals surface area contributed by atoms with E-state index >= 15 is 0 Å². The minimum absolute atomic E-state index is 0.0631. The van der Waals surface area contributed by atoms with Crippen LogP contribution in [0.15, 0.2) is 0 Å². The lowest BCUT2D eigenvalue weighted by Gasteiger charge is -2.18. The molecule has 6 nitrogen and oxygen atoms in total. The second kappa shape index (κ2) is 46.5. The summed E-state index contributed by atoms with van der Waals surface area (Å²) < 4.78 is 16.7. The predicted octanol–water partition coefficient (Wildman–Crippen LogP) is 16.7. The molecule has 0 amide bonds. The number of rotatable bonds is 47. The fourth-order valence-electron chi connectivity index (χ4n) is 7.83. The Bertz CT molecular complexity index is 874. The molecule has 2 atom stereocenters. The summed E-state index contributed by atoms with van der Waals surface area (Å²) in [5, 5.41) is 0. The van der Waals surface area contributed by atoms with Gasteiger partial charge in [-0.1, -0.05) is 252 Å². The summed E-state index contributed by atoms with van der Waals surface area (Å²) in [6.07, 6.45) is 48.1. The molecule has 0 radical (unpaired) electrons. The van der Waals surface area contributed by atoms with E-state index in [1.165, 1.54) is 186 Å². The Labute approximate surface area is 361 Å². The standard InChI is InChI=1S/C52H100O6/c1-5-8-10-12-14-26-31-35-39-43-50(53)56-46-49(58-52(55)45-41-37-33-27-15-13-11-9-6-2)47-57-51(54)44-40-36-32-29-25-23-21-19-17-16-18-20-22-24-28-30-34-38-42-48(4)7-3/h48-49H,5-47H2,1-4H3/t48?,49-/m1/s1. The molecular formula is C52H100O6. The smallest absolute Gasteiger partial charge is 0.306 e. The van der Waals surface area contributed by atoms with Gasteiger partial charge >= 0.3 is 17.9 Å². The maximum Gasteiger partial charge on any atom is 0.306 e. The molecular weight excluding hydrogens is 721 g/mol. The molecule has 6 heteroatoms. The summed E-state index contributed by atoms with van der Waals surface area (Å²) in [5.74, 6) is 0.0585. The van der Waals surface area contributed by atoms with Crippen molar-refractivity contribution in [1.82, 2.24) is 0 Å². The molecule has 0 saturated carbocycles. The van der Waals surface area contributed by atoms with E-state index in [0.717, 1.165) is 63.7 Å². The van der Waals surface area contributed by atoms with Gasteiger partial charge in [0.1, 0.15) is 13.2 Å². The number of unbranched alkanes of at least 4 members (excludes halogenated alkanes) is 33. The molecule has 0 saturated heterocycles. The molecule has 0 aromatic heterocycles. The van der Waals surface area contributed by atoms with Gasteiger partial charge in [0.2, 0.25) is 0 Å². The zero-order chi connectivity index (χ0) is 42.4. The Morgan fingerprint density at radius 1 is 0.345 bits per heavy atom. The van der Waals surface area contributed by atoms with Crippen LogP contribution in [0.1, 0.15) is 291 Å². The van der Waals surface area contributed by atoms with E-state index in [9.17, 15) is 14.4 Å². The lowest BCUT2D eigenvalue weighted by atomic mass is 9.99. The van der Waals surface area contributed by atoms with E-state index in [4.69, 9.17) is 14.2 Å². The average Bonchev–Trinajstić information content (AvgIpc) is 3.22. The molecule has 0 aliphatic carbocycles. The van der Waals surface area contributed by atoms with Crippen LogP contribution in [-0.2, 0) is 28.6 Å². The fraction of sp³-hybridized carbons (Fsp3) is 0.942. The minimum Gasteiger partial charge on any atom is -0.462 e. The van der Waals surface area contributed by atoms with Gasteiger partial charge in [-0.25, -0.2) is 0 Å². The van der Waals surface area contributed by atoms with Crippen LogP contribution in [0.3, 0.4) is 0 Å². The van der Waals surface area contributed by atoms with Crippen LogP contribution in [0, 0.1) is 5.92 Å². The molecule has 1 unspecified atom stereocenters. The fourth-order valence-corrected chi connectivity index (χ4v) is 7.83. The summed E-state index contributed by atoms with van der Waals surface area (Å²) in [7, 11) is 0. The van der Waals surface area contributed by atoms with E-state index in [-0.39, 0.29) is 31.1 Å². The Morgan fingerprint density at radius 2 is 0.603 bits per heavy atom. The molecule has 0 aromatic carbocycles.